The van der Waals surface area contributed by atoms with Crippen molar-refractivity contribution in [1.82, 2.24) is 0 Å². The molecule has 0 atom stereocenters. The Morgan fingerprint density at radius 1 is 0.960 bits per heavy atom. The molecule has 3 rings (SSSR count). The number of hydrogen-bond donors (Lipinski definition) is 4. The van der Waals surface area contributed by atoms with Crippen LogP contribution in [-0.2, 0) is 10.1 Å². The van der Waals surface area contributed by atoms with Gasteiger partial charge in [0.25, 0.3) is 10.1 Å². The molecule has 0 bridgehead atoms. The van der Waals surface area contributed by atoms with Crippen LogP contribution in [0, 0.1) is 5.82 Å². The third kappa shape index (κ3) is 2.77. The van der Waals surface area contributed by atoms with Gasteiger partial charge in [0.05, 0.1) is 10.9 Å². The van der Waals surface area contributed by atoms with Crippen molar-refractivity contribution in [1.29, 1.82) is 0 Å². The highest BCUT2D eigenvalue weighted by molar-refractivity contribution is 7.86. The lowest BCUT2D eigenvalue weighted by molar-refractivity contribution is 0.359. The molecule has 2 aromatic carbocycles. The van der Waals surface area contributed by atoms with Crippen molar-refractivity contribution in [3.05, 3.63) is 46.4 Å². The van der Waals surface area contributed by atoms with Gasteiger partial charge in [-0.3, -0.25) is 9.35 Å². The number of benzene rings is 2. The van der Waals surface area contributed by atoms with Crippen molar-refractivity contribution in [2.45, 2.75) is 4.90 Å². The minimum absolute atomic E-state index is 0.0655. The Hall–Kier alpha value is -3.11. The Balaban J connectivity index is 2.37. The maximum atomic E-state index is 13.2. The van der Waals surface area contributed by atoms with E-state index in [1.54, 1.807) is 0 Å². The SMILES string of the molecule is O=c1cc(-c2cc(S(=O)(=O)O)c(O)c(O)c2O)oc2ccc(F)cc12. The van der Waals surface area contributed by atoms with Crippen LogP contribution in [0.15, 0.2) is 44.4 Å². The van der Waals surface area contributed by atoms with Crippen molar-refractivity contribution in [3.63, 3.8) is 0 Å². The van der Waals surface area contributed by atoms with E-state index in [-0.39, 0.29) is 16.7 Å². The van der Waals surface area contributed by atoms with Crippen LogP contribution in [0.1, 0.15) is 0 Å². The first-order valence-corrected chi connectivity index (χ1v) is 8.03. The Morgan fingerprint density at radius 3 is 2.28 bits per heavy atom. The summed E-state index contributed by atoms with van der Waals surface area (Å²) < 4.78 is 50.2. The van der Waals surface area contributed by atoms with E-state index in [0.29, 0.717) is 6.07 Å². The van der Waals surface area contributed by atoms with Crippen molar-refractivity contribution < 1.29 is 37.1 Å². The molecule has 0 spiro atoms. The first-order chi connectivity index (χ1) is 11.6. The van der Waals surface area contributed by atoms with E-state index in [1.165, 1.54) is 0 Å². The van der Waals surface area contributed by atoms with Gasteiger partial charge < -0.3 is 19.7 Å². The molecule has 0 radical (unpaired) electrons. The van der Waals surface area contributed by atoms with Crippen LogP contribution in [0.25, 0.3) is 22.3 Å². The smallest absolute Gasteiger partial charge is 0.298 e. The van der Waals surface area contributed by atoms with Crippen LogP contribution in [-0.4, -0.2) is 28.3 Å². The summed E-state index contributed by atoms with van der Waals surface area (Å²) in [5, 5.41) is 29.1. The summed E-state index contributed by atoms with van der Waals surface area (Å²) >= 11 is 0. The Labute approximate surface area is 138 Å². The van der Waals surface area contributed by atoms with Gasteiger partial charge in [-0.2, -0.15) is 8.42 Å². The molecule has 8 nitrogen and oxygen atoms in total. The van der Waals surface area contributed by atoms with Crippen LogP contribution in [0.2, 0.25) is 0 Å². The maximum Gasteiger partial charge on any atom is 0.298 e. The lowest BCUT2D eigenvalue weighted by atomic mass is 10.1. The molecule has 1 heterocycles. The van der Waals surface area contributed by atoms with E-state index >= 15 is 0 Å². The van der Waals surface area contributed by atoms with Crippen LogP contribution in [0.3, 0.4) is 0 Å². The molecular formula is C15H9FO8S. The summed E-state index contributed by atoms with van der Waals surface area (Å²) in [6.07, 6.45) is 0. The number of phenols is 3. The molecule has 0 unspecified atom stereocenters. The number of aromatic hydroxyl groups is 3. The summed E-state index contributed by atoms with van der Waals surface area (Å²) in [4.78, 5) is 11.0. The quantitative estimate of drug-likeness (QED) is 0.397. The highest BCUT2D eigenvalue weighted by atomic mass is 32.2. The van der Waals surface area contributed by atoms with Gasteiger partial charge in [-0.15, -0.1) is 0 Å². The monoisotopic (exact) mass is 368 g/mol. The van der Waals surface area contributed by atoms with Gasteiger partial charge in [0.2, 0.25) is 5.75 Å². The average molecular weight is 368 g/mol. The first-order valence-electron chi connectivity index (χ1n) is 6.58. The topological polar surface area (TPSA) is 145 Å². The van der Waals surface area contributed by atoms with E-state index in [2.05, 4.69) is 0 Å². The number of phenolic OH excluding ortho intramolecular Hbond substituents is 3. The van der Waals surface area contributed by atoms with Gasteiger partial charge in [0.1, 0.15) is 22.1 Å². The summed E-state index contributed by atoms with van der Waals surface area (Å²) in [7, 11) is -4.95. The van der Waals surface area contributed by atoms with Gasteiger partial charge >= 0.3 is 0 Å². The molecule has 3 aromatic rings. The van der Waals surface area contributed by atoms with E-state index < -0.39 is 49.1 Å². The zero-order chi connectivity index (χ0) is 18.5. The fraction of sp³-hybridized carbons (Fsp3) is 0. The molecule has 0 aliphatic rings. The van der Waals surface area contributed by atoms with Gasteiger partial charge in [-0.25, -0.2) is 4.39 Å². The van der Waals surface area contributed by atoms with Crippen LogP contribution in [0.5, 0.6) is 17.2 Å². The molecule has 0 saturated heterocycles. The summed E-state index contributed by atoms with van der Waals surface area (Å²) in [5.41, 5.74) is -1.24. The largest absolute Gasteiger partial charge is 0.504 e. The second-order valence-corrected chi connectivity index (χ2v) is 6.45. The van der Waals surface area contributed by atoms with Crippen molar-refractivity contribution in [2.75, 3.05) is 0 Å². The number of fused-ring (bicyclic) bond motifs is 1. The lowest BCUT2D eigenvalue weighted by Gasteiger charge is -2.11. The molecule has 0 amide bonds. The highest BCUT2D eigenvalue weighted by Crippen LogP contribution is 2.46. The minimum atomic E-state index is -4.95. The second-order valence-electron chi connectivity index (χ2n) is 5.06. The minimum Gasteiger partial charge on any atom is -0.504 e. The van der Waals surface area contributed by atoms with E-state index in [4.69, 9.17) is 8.97 Å². The standard InChI is InChI=1S/C15H9FO8S/c16-6-1-2-10-7(3-6)9(17)5-11(24-10)8-4-12(25(21,22)23)14(19)15(20)13(8)18/h1-5,18-20H,(H,21,22,23). The van der Waals surface area contributed by atoms with Crippen LogP contribution in [0.4, 0.5) is 4.39 Å². The van der Waals surface area contributed by atoms with Crippen molar-refractivity contribution >= 4 is 21.1 Å². The van der Waals surface area contributed by atoms with Gasteiger partial charge in [-0.05, 0) is 24.3 Å². The maximum absolute atomic E-state index is 13.2. The van der Waals surface area contributed by atoms with Gasteiger partial charge in [-0.1, -0.05) is 0 Å². The fourth-order valence-corrected chi connectivity index (χ4v) is 2.88. The number of rotatable bonds is 2. The fourth-order valence-electron chi connectivity index (χ4n) is 2.27. The summed E-state index contributed by atoms with van der Waals surface area (Å²) in [5.74, 6) is -4.52. The Bertz CT molecular complexity index is 1180. The molecule has 0 saturated carbocycles. The van der Waals surface area contributed by atoms with Gasteiger partial charge in [0.15, 0.2) is 16.9 Å². The van der Waals surface area contributed by atoms with E-state index in [9.17, 15) is 32.9 Å². The van der Waals surface area contributed by atoms with Crippen LogP contribution >= 0.6 is 0 Å². The molecule has 0 aliphatic carbocycles. The molecule has 130 valence electrons. The van der Waals surface area contributed by atoms with E-state index in [0.717, 1.165) is 24.3 Å². The third-order valence-electron chi connectivity index (χ3n) is 3.45. The molecular weight excluding hydrogens is 359 g/mol. The molecule has 4 N–H and O–H groups in total. The summed E-state index contributed by atoms with van der Waals surface area (Å²) in [6, 6.07) is 4.56. The summed E-state index contributed by atoms with van der Waals surface area (Å²) in [6.45, 7) is 0. The number of hydrogen-bond acceptors (Lipinski definition) is 7. The zero-order valence-electron chi connectivity index (χ0n) is 12.1. The van der Waals surface area contributed by atoms with Gasteiger partial charge in [0, 0.05) is 6.07 Å². The van der Waals surface area contributed by atoms with E-state index in [1.807, 2.05) is 0 Å². The van der Waals surface area contributed by atoms with Crippen molar-refractivity contribution in [2.24, 2.45) is 0 Å². The van der Waals surface area contributed by atoms with Crippen molar-refractivity contribution in [3.8, 4) is 28.6 Å². The Kier molecular flexibility index (Phi) is 3.66. The highest BCUT2D eigenvalue weighted by Gasteiger charge is 2.26. The Morgan fingerprint density at radius 2 is 1.64 bits per heavy atom. The molecule has 1 aromatic heterocycles. The molecule has 0 fully saturated rings. The predicted octanol–water partition coefficient (Wildman–Crippen LogP) is 1.96. The third-order valence-corrected chi connectivity index (χ3v) is 4.31. The second kappa shape index (κ2) is 5.46. The first kappa shape index (κ1) is 16.7. The predicted molar refractivity (Wildman–Crippen MR) is 82.7 cm³/mol. The lowest BCUT2D eigenvalue weighted by Crippen LogP contribution is -2.02. The molecule has 25 heavy (non-hydrogen) atoms. The molecule has 10 heteroatoms. The average Bonchev–Trinajstić information content (AvgIpc) is 2.52. The zero-order valence-corrected chi connectivity index (χ0v) is 12.9. The normalized spacial score (nSPS) is 11.8. The number of halogens is 1. The van der Waals surface area contributed by atoms with Crippen LogP contribution < -0.4 is 5.43 Å². The molecule has 0 aliphatic heterocycles.